The van der Waals surface area contributed by atoms with E-state index in [1.807, 2.05) is 39.8 Å². The summed E-state index contributed by atoms with van der Waals surface area (Å²) in [5, 5.41) is 18.5. The van der Waals surface area contributed by atoms with Crippen LogP contribution >= 0.6 is 0 Å². The second kappa shape index (κ2) is 13.2. The Balaban J connectivity index is 0.000000320. The van der Waals surface area contributed by atoms with Crippen LogP contribution in [0.5, 0.6) is 0 Å². The summed E-state index contributed by atoms with van der Waals surface area (Å²) in [5.74, 6) is 0.00157. The Hall–Kier alpha value is -3.32. The number of aryl methyl sites for hydroxylation is 5. The highest BCUT2D eigenvalue weighted by Crippen LogP contribution is 2.26. The fraction of sp³-hybridized carbons (Fsp3) is 0.385. The molecule has 2 unspecified atom stereocenters. The highest BCUT2D eigenvalue weighted by molar-refractivity contribution is 5.57. The van der Waals surface area contributed by atoms with Gasteiger partial charge in [-0.15, -0.1) is 13.2 Å². The first-order chi connectivity index (χ1) is 15.2. The van der Waals surface area contributed by atoms with Gasteiger partial charge in [-0.25, -0.2) is 9.69 Å². The number of nitrogens with zero attached hydrogens (tertiary/aromatic N) is 4. The third-order valence-electron chi connectivity index (χ3n) is 5.00. The minimum Gasteiger partial charge on any atom is -0.396 e. The van der Waals surface area contributed by atoms with Crippen LogP contribution in [0.4, 0.5) is 11.4 Å². The van der Waals surface area contributed by atoms with Crippen LogP contribution in [0.2, 0.25) is 0 Å². The molecule has 0 amide bonds. The zero-order valence-corrected chi connectivity index (χ0v) is 19.4. The first kappa shape index (κ1) is 26.7. The molecule has 0 aromatic carbocycles. The molecule has 0 spiro atoms. The maximum Gasteiger partial charge on any atom is 0.211 e. The van der Waals surface area contributed by atoms with E-state index in [4.69, 9.17) is 18.3 Å². The Morgan fingerprint density at radius 3 is 1.88 bits per heavy atom. The zero-order valence-electron chi connectivity index (χ0n) is 19.4. The van der Waals surface area contributed by atoms with Gasteiger partial charge in [0.05, 0.1) is 19.2 Å². The molecule has 168 valence electrons. The SMILES string of the molecule is [C-]#[N+]c1c(CC(C=C)CO)cc(C)nc1C.[C-]#[N+]c1c(CCC(O)C=C)cc(C)nc1C. The average molecular weight is 433 g/mol. The fourth-order valence-electron chi connectivity index (χ4n) is 3.38. The van der Waals surface area contributed by atoms with Gasteiger partial charge in [-0.2, -0.15) is 0 Å². The normalized spacial score (nSPS) is 11.9. The van der Waals surface area contributed by atoms with E-state index in [0.29, 0.717) is 30.6 Å². The van der Waals surface area contributed by atoms with Crippen molar-refractivity contribution in [3.05, 3.63) is 94.2 Å². The molecule has 0 saturated carbocycles. The fourth-order valence-corrected chi connectivity index (χ4v) is 3.38. The summed E-state index contributed by atoms with van der Waals surface area (Å²) < 4.78 is 0. The van der Waals surface area contributed by atoms with E-state index in [-0.39, 0.29) is 12.5 Å². The van der Waals surface area contributed by atoms with Gasteiger partial charge in [-0.05, 0) is 70.2 Å². The number of aliphatic hydroxyl groups excluding tert-OH is 2. The molecule has 2 aromatic rings. The van der Waals surface area contributed by atoms with Gasteiger partial charge in [-0.3, -0.25) is 9.97 Å². The molecule has 2 atom stereocenters. The van der Waals surface area contributed by atoms with Gasteiger partial charge in [0.15, 0.2) is 0 Å². The van der Waals surface area contributed by atoms with Gasteiger partial charge < -0.3 is 10.2 Å². The molecule has 32 heavy (non-hydrogen) atoms. The molecule has 6 heteroatoms. The predicted octanol–water partition coefficient (Wildman–Crippen LogP) is 5.31. The highest BCUT2D eigenvalue weighted by atomic mass is 16.3. The molecule has 2 heterocycles. The van der Waals surface area contributed by atoms with E-state index in [0.717, 1.165) is 33.9 Å². The van der Waals surface area contributed by atoms with Crippen LogP contribution in [0.25, 0.3) is 9.69 Å². The molecule has 0 aliphatic rings. The molecule has 0 saturated heterocycles. The Bertz CT molecular complexity index is 1030. The maximum absolute atomic E-state index is 9.41. The number of hydrogen-bond acceptors (Lipinski definition) is 4. The van der Waals surface area contributed by atoms with Crippen molar-refractivity contribution in [1.29, 1.82) is 0 Å². The van der Waals surface area contributed by atoms with E-state index >= 15 is 0 Å². The molecule has 0 aliphatic carbocycles. The lowest BCUT2D eigenvalue weighted by Crippen LogP contribution is -2.07. The van der Waals surface area contributed by atoms with Crippen LogP contribution in [0.3, 0.4) is 0 Å². The number of hydrogen-bond donors (Lipinski definition) is 2. The first-order valence-electron chi connectivity index (χ1n) is 10.4. The van der Waals surface area contributed by atoms with Gasteiger partial charge in [0.1, 0.15) is 0 Å². The standard InChI is InChI=1S/2C13H16N2O/c1-5-11(8-16)7-12-6-9(2)15-10(3)13(12)14-4;1-5-12(16)7-6-11-8-9(2)15-10(3)13(11)14-4/h5-6,11,16H,1,7-8H2,2-3H3;5,8,12,16H,1,6-7H2,2-3H3. The Kier molecular flexibility index (Phi) is 11.0. The van der Waals surface area contributed by atoms with Crippen molar-refractivity contribution >= 4 is 11.4 Å². The van der Waals surface area contributed by atoms with E-state index < -0.39 is 6.10 Å². The van der Waals surface area contributed by atoms with Crippen molar-refractivity contribution in [2.24, 2.45) is 5.92 Å². The highest BCUT2D eigenvalue weighted by Gasteiger charge is 2.12. The maximum atomic E-state index is 9.41. The van der Waals surface area contributed by atoms with E-state index in [1.165, 1.54) is 6.08 Å². The zero-order chi connectivity index (χ0) is 24.3. The van der Waals surface area contributed by atoms with Gasteiger partial charge in [0.2, 0.25) is 11.4 Å². The summed E-state index contributed by atoms with van der Waals surface area (Å²) in [6.45, 7) is 29.0. The lowest BCUT2D eigenvalue weighted by Gasteiger charge is -2.12. The molecule has 2 aromatic heterocycles. The minimum absolute atomic E-state index is 0.00157. The van der Waals surface area contributed by atoms with Crippen LogP contribution < -0.4 is 0 Å². The summed E-state index contributed by atoms with van der Waals surface area (Å²) >= 11 is 0. The largest absolute Gasteiger partial charge is 0.396 e. The summed E-state index contributed by atoms with van der Waals surface area (Å²) in [5.41, 5.74) is 6.45. The van der Waals surface area contributed by atoms with Crippen molar-refractivity contribution < 1.29 is 10.2 Å². The van der Waals surface area contributed by atoms with Crippen LogP contribution in [0.15, 0.2) is 37.4 Å². The van der Waals surface area contributed by atoms with Crippen LogP contribution in [-0.4, -0.2) is 32.9 Å². The van der Waals surface area contributed by atoms with Gasteiger partial charge in [-0.1, -0.05) is 12.2 Å². The van der Waals surface area contributed by atoms with Crippen molar-refractivity contribution in [3.8, 4) is 0 Å². The summed E-state index contributed by atoms with van der Waals surface area (Å²) in [4.78, 5) is 15.5. The van der Waals surface area contributed by atoms with Crippen molar-refractivity contribution in [1.82, 2.24) is 9.97 Å². The predicted molar refractivity (Wildman–Crippen MR) is 129 cm³/mol. The quantitative estimate of drug-likeness (QED) is 0.438. The van der Waals surface area contributed by atoms with Crippen molar-refractivity contribution in [2.45, 2.75) is 53.1 Å². The lowest BCUT2D eigenvalue weighted by molar-refractivity contribution is 0.213. The topological polar surface area (TPSA) is 75.0 Å². The molecule has 0 bridgehead atoms. The molecule has 2 rings (SSSR count). The molecule has 2 N–H and O–H groups in total. The Morgan fingerprint density at radius 2 is 1.44 bits per heavy atom. The van der Waals surface area contributed by atoms with E-state index in [9.17, 15) is 5.11 Å². The minimum atomic E-state index is -0.507. The Labute approximate surface area is 191 Å². The van der Waals surface area contributed by atoms with E-state index in [1.54, 1.807) is 6.08 Å². The number of rotatable bonds is 8. The Morgan fingerprint density at radius 1 is 0.938 bits per heavy atom. The average Bonchev–Trinajstić information content (AvgIpc) is 2.75. The molecule has 0 radical (unpaired) electrons. The third kappa shape index (κ3) is 7.74. The van der Waals surface area contributed by atoms with Crippen LogP contribution in [0.1, 0.15) is 40.3 Å². The van der Waals surface area contributed by atoms with Crippen molar-refractivity contribution in [3.63, 3.8) is 0 Å². The second-order valence-electron chi connectivity index (χ2n) is 7.66. The molecule has 0 aliphatic heterocycles. The summed E-state index contributed by atoms with van der Waals surface area (Å²) in [7, 11) is 0. The lowest BCUT2D eigenvalue weighted by atomic mass is 9.98. The smallest absolute Gasteiger partial charge is 0.211 e. The van der Waals surface area contributed by atoms with Gasteiger partial charge >= 0.3 is 0 Å². The van der Waals surface area contributed by atoms with Crippen molar-refractivity contribution in [2.75, 3.05) is 6.61 Å². The number of aromatic nitrogens is 2. The van der Waals surface area contributed by atoms with Gasteiger partial charge in [0, 0.05) is 35.3 Å². The molecule has 6 nitrogen and oxygen atoms in total. The van der Waals surface area contributed by atoms with Gasteiger partial charge in [0.25, 0.3) is 0 Å². The second-order valence-corrected chi connectivity index (χ2v) is 7.66. The third-order valence-corrected chi connectivity index (χ3v) is 5.00. The number of pyridine rings is 2. The molecular weight excluding hydrogens is 400 g/mol. The van der Waals surface area contributed by atoms with Crippen LogP contribution in [-0.2, 0) is 12.8 Å². The summed E-state index contributed by atoms with van der Waals surface area (Å²) in [6.07, 6.45) is 4.63. The monoisotopic (exact) mass is 432 g/mol. The number of aliphatic hydroxyl groups is 2. The molecular formula is C26H32N4O2. The molecule has 0 fully saturated rings. The first-order valence-corrected chi connectivity index (χ1v) is 10.4. The van der Waals surface area contributed by atoms with Crippen LogP contribution in [0, 0.1) is 46.8 Å². The summed E-state index contributed by atoms with van der Waals surface area (Å²) in [6, 6.07) is 3.82. The van der Waals surface area contributed by atoms with E-state index in [2.05, 4.69) is 32.8 Å².